The van der Waals surface area contributed by atoms with Gasteiger partial charge in [-0.1, -0.05) is 31.4 Å². The van der Waals surface area contributed by atoms with E-state index in [4.69, 9.17) is 4.74 Å². The number of carbonyl (C=O) groups is 2. The van der Waals surface area contributed by atoms with E-state index in [-0.39, 0.29) is 17.2 Å². The lowest BCUT2D eigenvalue weighted by Crippen LogP contribution is -2.41. The minimum absolute atomic E-state index is 0.166. The Labute approximate surface area is 163 Å². The molecule has 4 aliphatic rings. The highest BCUT2D eigenvalue weighted by Gasteiger charge is 2.48. The smallest absolute Gasteiger partial charge is 0.226 e. The first-order valence-electron chi connectivity index (χ1n) is 11.0. The van der Waals surface area contributed by atoms with Crippen LogP contribution in [-0.2, 0) is 14.3 Å². The summed E-state index contributed by atoms with van der Waals surface area (Å²) in [7, 11) is 0. The summed E-state index contributed by atoms with van der Waals surface area (Å²) >= 11 is 0. The van der Waals surface area contributed by atoms with Crippen molar-refractivity contribution in [3.8, 4) is 0 Å². The zero-order chi connectivity index (χ0) is 18.7. The van der Waals surface area contributed by atoms with Gasteiger partial charge in [-0.3, -0.25) is 9.59 Å². The third kappa shape index (κ3) is 4.08. The van der Waals surface area contributed by atoms with E-state index in [1.54, 1.807) is 0 Å². The van der Waals surface area contributed by atoms with Crippen molar-refractivity contribution in [2.45, 2.75) is 57.8 Å². The monoisotopic (exact) mass is 374 g/mol. The quantitative estimate of drug-likeness (QED) is 0.711. The van der Waals surface area contributed by atoms with E-state index in [0.29, 0.717) is 31.5 Å². The molecule has 1 unspecified atom stereocenters. The van der Waals surface area contributed by atoms with E-state index in [2.05, 4.69) is 17.1 Å². The molecule has 2 heterocycles. The zero-order valence-electron chi connectivity index (χ0n) is 16.5. The Morgan fingerprint density at radius 1 is 1.00 bits per heavy atom. The van der Waals surface area contributed by atoms with Crippen LogP contribution in [0, 0.1) is 17.3 Å². The van der Waals surface area contributed by atoms with Crippen molar-refractivity contribution in [2.75, 3.05) is 39.4 Å². The molecule has 27 heavy (non-hydrogen) atoms. The molecule has 3 fully saturated rings. The molecule has 0 aromatic heterocycles. The van der Waals surface area contributed by atoms with E-state index in [1.807, 2.05) is 4.90 Å². The Morgan fingerprint density at radius 3 is 2.41 bits per heavy atom. The molecule has 150 valence electrons. The molecule has 5 heteroatoms. The van der Waals surface area contributed by atoms with Crippen LogP contribution in [0.2, 0.25) is 0 Å². The first kappa shape index (κ1) is 19.0. The lowest BCUT2D eigenvalue weighted by Gasteiger charge is -2.38. The number of hydrogen-bond acceptors (Lipinski definition) is 3. The normalized spacial score (nSPS) is 28.2. The Hall–Kier alpha value is -1.36. The standard InChI is InChI=1S/C22H34N2O3/c25-20(23-12-14-27-15-13-23)9-8-19-16-24(21(26)18-6-2-3-7-18)17-22(19)10-4-1-5-11-22/h2-3,18-19H,1,4-17H2. The summed E-state index contributed by atoms with van der Waals surface area (Å²) in [6, 6.07) is 0. The van der Waals surface area contributed by atoms with Crippen LogP contribution in [0.25, 0.3) is 0 Å². The van der Waals surface area contributed by atoms with Crippen molar-refractivity contribution in [3.05, 3.63) is 12.2 Å². The van der Waals surface area contributed by atoms with Crippen LogP contribution >= 0.6 is 0 Å². The van der Waals surface area contributed by atoms with Crippen LogP contribution in [0.1, 0.15) is 57.8 Å². The lowest BCUT2D eigenvalue weighted by atomic mass is 9.66. The number of likely N-dealkylation sites (tertiary alicyclic amines) is 1. The average molecular weight is 375 g/mol. The first-order valence-corrected chi connectivity index (χ1v) is 11.0. The van der Waals surface area contributed by atoms with E-state index < -0.39 is 0 Å². The van der Waals surface area contributed by atoms with Gasteiger partial charge in [0, 0.05) is 38.5 Å². The number of amides is 2. The molecule has 0 radical (unpaired) electrons. The Balaban J connectivity index is 1.39. The van der Waals surface area contributed by atoms with Crippen LogP contribution in [0.4, 0.5) is 0 Å². The van der Waals surface area contributed by atoms with Gasteiger partial charge in [0.15, 0.2) is 0 Å². The second-order valence-electron chi connectivity index (χ2n) is 9.01. The maximum Gasteiger partial charge on any atom is 0.226 e. The highest BCUT2D eigenvalue weighted by atomic mass is 16.5. The summed E-state index contributed by atoms with van der Waals surface area (Å²) in [5, 5.41) is 0. The summed E-state index contributed by atoms with van der Waals surface area (Å²) in [6.07, 6.45) is 14.0. The van der Waals surface area contributed by atoms with Crippen LogP contribution in [-0.4, -0.2) is 61.0 Å². The zero-order valence-corrected chi connectivity index (χ0v) is 16.5. The molecule has 4 rings (SSSR count). The van der Waals surface area contributed by atoms with Crippen LogP contribution in [0.5, 0.6) is 0 Å². The molecule has 5 nitrogen and oxygen atoms in total. The number of nitrogens with zero attached hydrogens (tertiary/aromatic N) is 2. The third-order valence-electron chi connectivity index (χ3n) is 7.40. The molecule has 1 saturated carbocycles. The van der Waals surface area contributed by atoms with E-state index in [1.165, 1.54) is 32.1 Å². The van der Waals surface area contributed by atoms with Crippen LogP contribution < -0.4 is 0 Å². The summed E-state index contributed by atoms with van der Waals surface area (Å²) in [4.78, 5) is 29.8. The molecular formula is C22H34N2O3. The van der Waals surface area contributed by atoms with Crippen molar-refractivity contribution in [1.82, 2.24) is 9.80 Å². The summed E-state index contributed by atoms with van der Waals surface area (Å²) in [6.45, 7) is 4.58. The number of ether oxygens (including phenoxy) is 1. The van der Waals surface area contributed by atoms with Crippen LogP contribution in [0.3, 0.4) is 0 Å². The molecule has 0 bridgehead atoms. The number of morpholine rings is 1. The van der Waals surface area contributed by atoms with Gasteiger partial charge in [-0.2, -0.15) is 0 Å². The third-order valence-corrected chi connectivity index (χ3v) is 7.40. The van der Waals surface area contributed by atoms with Crippen molar-refractivity contribution < 1.29 is 14.3 Å². The predicted octanol–water partition coefficient (Wildman–Crippen LogP) is 3.00. The van der Waals surface area contributed by atoms with Gasteiger partial charge in [0.1, 0.15) is 0 Å². The molecule has 0 N–H and O–H groups in total. The van der Waals surface area contributed by atoms with Gasteiger partial charge in [0.05, 0.1) is 13.2 Å². The molecule has 2 aliphatic heterocycles. The lowest BCUT2D eigenvalue weighted by molar-refractivity contribution is -0.135. The summed E-state index contributed by atoms with van der Waals surface area (Å²) < 4.78 is 5.36. The second kappa shape index (κ2) is 8.34. The van der Waals surface area contributed by atoms with Crippen molar-refractivity contribution >= 4 is 11.8 Å². The molecule has 0 aromatic rings. The van der Waals surface area contributed by atoms with Gasteiger partial charge in [-0.05, 0) is 43.4 Å². The van der Waals surface area contributed by atoms with Gasteiger partial charge >= 0.3 is 0 Å². The summed E-state index contributed by atoms with van der Waals surface area (Å²) in [5.41, 5.74) is 0.269. The highest BCUT2D eigenvalue weighted by molar-refractivity contribution is 5.80. The van der Waals surface area contributed by atoms with E-state index in [9.17, 15) is 9.59 Å². The first-order chi connectivity index (χ1) is 13.2. The minimum atomic E-state index is 0.166. The number of allylic oxidation sites excluding steroid dienone is 2. The van der Waals surface area contributed by atoms with Gasteiger partial charge < -0.3 is 14.5 Å². The van der Waals surface area contributed by atoms with Crippen molar-refractivity contribution in [1.29, 1.82) is 0 Å². The Kier molecular flexibility index (Phi) is 5.86. The summed E-state index contributed by atoms with van der Waals surface area (Å²) in [5.74, 6) is 1.28. The maximum absolute atomic E-state index is 13.0. The number of carbonyl (C=O) groups excluding carboxylic acids is 2. The Morgan fingerprint density at radius 2 is 1.70 bits per heavy atom. The van der Waals surface area contributed by atoms with E-state index >= 15 is 0 Å². The topological polar surface area (TPSA) is 49.9 Å². The fourth-order valence-corrected chi connectivity index (χ4v) is 5.77. The molecule has 2 saturated heterocycles. The Bertz CT molecular complexity index is 568. The molecule has 0 aromatic carbocycles. The number of rotatable bonds is 4. The highest BCUT2D eigenvalue weighted by Crippen LogP contribution is 2.49. The van der Waals surface area contributed by atoms with Gasteiger partial charge in [-0.15, -0.1) is 0 Å². The average Bonchev–Trinajstić information content (AvgIpc) is 3.36. The largest absolute Gasteiger partial charge is 0.378 e. The van der Waals surface area contributed by atoms with Crippen LogP contribution in [0.15, 0.2) is 12.2 Å². The predicted molar refractivity (Wildman–Crippen MR) is 104 cm³/mol. The fourth-order valence-electron chi connectivity index (χ4n) is 5.77. The van der Waals surface area contributed by atoms with E-state index in [0.717, 1.165) is 45.4 Å². The van der Waals surface area contributed by atoms with Gasteiger partial charge in [-0.25, -0.2) is 0 Å². The van der Waals surface area contributed by atoms with Crippen molar-refractivity contribution in [3.63, 3.8) is 0 Å². The van der Waals surface area contributed by atoms with Gasteiger partial charge in [0.2, 0.25) is 11.8 Å². The molecular weight excluding hydrogens is 340 g/mol. The van der Waals surface area contributed by atoms with Gasteiger partial charge in [0.25, 0.3) is 0 Å². The van der Waals surface area contributed by atoms with Crippen molar-refractivity contribution in [2.24, 2.45) is 17.3 Å². The number of hydrogen-bond donors (Lipinski definition) is 0. The molecule has 1 atom stereocenters. The maximum atomic E-state index is 13.0. The molecule has 1 spiro atoms. The minimum Gasteiger partial charge on any atom is -0.378 e. The SMILES string of the molecule is O=C(CCC1CN(C(=O)C2CC=CC2)CC12CCCCC2)N1CCOCC1. The molecule has 2 amide bonds. The molecule has 2 aliphatic carbocycles. The fraction of sp³-hybridized carbons (Fsp3) is 0.818. The second-order valence-corrected chi connectivity index (χ2v) is 9.01.